The van der Waals surface area contributed by atoms with Crippen LogP contribution in [0.3, 0.4) is 0 Å². The Morgan fingerprint density at radius 3 is 1.28 bits per heavy atom. The van der Waals surface area contributed by atoms with Crippen molar-refractivity contribution in [2.45, 2.75) is 221 Å². The van der Waals surface area contributed by atoms with Gasteiger partial charge < -0.3 is 5.32 Å². The van der Waals surface area contributed by atoms with E-state index >= 15 is 0 Å². The molecule has 0 atom stereocenters. The third kappa shape index (κ3) is 14.0. The molecule has 4 heteroatoms. The first kappa shape index (κ1) is 40.9. The molecule has 0 aromatic heterocycles. The predicted molar refractivity (Wildman–Crippen MR) is 192 cm³/mol. The van der Waals surface area contributed by atoms with E-state index in [1.165, 1.54) is 77.0 Å². The fourth-order valence-corrected chi connectivity index (χ4v) is 9.85. The second kappa shape index (κ2) is 16.1. The maximum atomic E-state index is 6.20. The molecule has 0 bridgehead atoms. The van der Waals surface area contributed by atoms with Crippen molar-refractivity contribution in [1.29, 1.82) is 0 Å². The minimum Gasteiger partial charge on any atom is -0.307 e. The second-order valence-corrected chi connectivity index (χ2v) is 19.1. The average Bonchev–Trinajstić information content (AvgIpc) is 2.75. The molecule has 0 amide bonds. The van der Waals surface area contributed by atoms with Crippen LogP contribution in [0.1, 0.15) is 188 Å². The number of unbranched alkanes of at least 4 members (excludes halogenated alkanes) is 5. The lowest BCUT2D eigenvalue weighted by Crippen LogP contribution is -2.60. The zero-order valence-corrected chi connectivity index (χ0v) is 32.7. The van der Waals surface area contributed by atoms with Crippen LogP contribution < -0.4 is 5.32 Å². The topological polar surface area (TPSA) is 27.7 Å². The highest BCUT2D eigenvalue weighted by Gasteiger charge is 2.45. The molecular formula is C39H81N3O. The first-order valence-electron chi connectivity index (χ1n) is 18.3. The number of hydroxylamine groups is 2. The van der Waals surface area contributed by atoms with Crippen molar-refractivity contribution in [2.24, 2.45) is 17.8 Å². The molecule has 3 aliphatic rings. The van der Waals surface area contributed by atoms with Gasteiger partial charge in [0.15, 0.2) is 0 Å². The first-order valence-corrected chi connectivity index (χ1v) is 18.3. The van der Waals surface area contributed by atoms with E-state index in [1.807, 2.05) is 0 Å². The van der Waals surface area contributed by atoms with Crippen molar-refractivity contribution in [3.8, 4) is 0 Å². The number of piperidine rings is 3. The monoisotopic (exact) mass is 608 g/mol. The smallest absolute Gasteiger partial charge is 0.0685 e. The second-order valence-electron chi connectivity index (χ2n) is 19.1. The predicted octanol–water partition coefficient (Wildman–Crippen LogP) is 11.0. The third-order valence-electron chi connectivity index (χ3n) is 10.4. The van der Waals surface area contributed by atoms with E-state index in [1.54, 1.807) is 0 Å². The summed E-state index contributed by atoms with van der Waals surface area (Å²) in [5.41, 5.74) is 1.73. The molecule has 1 N–H and O–H groups in total. The Morgan fingerprint density at radius 2 is 0.884 bits per heavy atom. The number of hydrogen-bond acceptors (Lipinski definition) is 4. The summed E-state index contributed by atoms with van der Waals surface area (Å²) in [7, 11) is 2.26. The van der Waals surface area contributed by atoms with Gasteiger partial charge in [-0.3, -0.25) is 9.74 Å². The molecule has 43 heavy (non-hydrogen) atoms. The lowest BCUT2D eigenvalue weighted by atomic mass is 9.75. The molecular weight excluding hydrogens is 526 g/mol. The van der Waals surface area contributed by atoms with Crippen LogP contribution in [0.25, 0.3) is 0 Å². The molecule has 3 rings (SSSR count). The van der Waals surface area contributed by atoms with Crippen LogP contribution in [0.2, 0.25) is 0 Å². The molecule has 258 valence electrons. The fraction of sp³-hybridized carbons (Fsp3) is 1.00. The highest BCUT2D eigenvalue weighted by atomic mass is 16.7. The fourth-order valence-electron chi connectivity index (χ4n) is 9.85. The molecule has 3 aliphatic heterocycles. The number of nitrogens with one attached hydrogen (secondary N) is 1. The van der Waals surface area contributed by atoms with Crippen LogP contribution in [0.5, 0.6) is 0 Å². The van der Waals surface area contributed by atoms with Crippen molar-refractivity contribution >= 4 is 0 Å². The normalized spacial score (nSPS) is 27.0. The SMILES string of the molecule is CC1CC(C)(C)N(C)C(C)(C)C1.CC1CC(C)(C)NC(C)(C)C1.CCCCCCCCON1C(C)(C)CC(C)CC1(C)C. The quantitative estimate of drug-likeness (QED) is 0.278. The van der Waals surface area contributed by atoms with Gasteiger partial charge in [-0.1, -0.05) is 59.8 Å². The van der Waals surface area contributed by atoms with Gasteiger partial charge in [0, 0.05) is 33.2 Å². The standard InChI is InChI=1S/C18H37NO.C11H23N.C10H21N/c1-7-8-9-10-11-12-13-20-19-17(3,4)14-16(2)15-18(19,5)6;1-9-7-10(2,3)12(6)11(4,5)8-9;1-8-6-9(2,3)11-10(4,5)7-8/h16H,7-15H2,1-6H3;9H,7-8H2,1-6H3;8,11H,6-7H2,1-5H3. The summed E-state index contributed by atoms with van der Waals surface area (Å²) in [5.74, 6) is 2.52. The Morgan fingerprint density at radius 1 is 0.535 bits per heavy atom. The Labute approximate surface area is 272 Å². The Balaban J connectivity index is 0.000000344. The maximum absolute atomic E-state index is 6.20. The van der Waals surface area contributed by atoms with Gasteiger partial charge >= 0.3 is 0 Å². The van der Waals surface area contributed by atoms with Gasteiger partial charge in [-0.25, -0.2) is 0 Å². The summed E-state index contributed by atoms with van der Waals surface area (Å²) < 4.78 is 0. The zero-order valence-electron chi connectivity index (χ0n) is 32.7. The Hall–Kier alpha value is -0.160. The summed E-state index contributed by atoms with van der Waals surface area (Å²) in [5, 5.41) is 5.96. The molecule has 0 radical (unpaired) electrons. The van der Waals surface area contributed by atoms with E-state index in [0.29, 0.717) is 22.2 Å². The van der Waals surface area contributed by atoms with Crippen molar-refractivity contribution in [1.82, 2.24) is 15.3 Å². The lowest BCUT2D eigenvalue weighted by Gasteiger charge is -2.53. The van der Waals surface area contributed by atoms with E-state index in [2.05, 4.69) is 133 Å². The molecule has 0 saturated carbocycles. The van der Waals surface area contributed by atoms with Crippen molar-refractivity contribution in [2.75, 3.05) is 13.7 Å². The summed E-state index contributed by atoms with van der Waals surface area (Å²) in [4.78, 5) is 8.73. The van der Waals surface area contributed by atoms with Crippen molar-refractivity contribution < 1.29 is 4.84 Å². The highest BCUT2D eigenvalue weighted by Crippen LogP contribution is 2.42. The van der Waals surface area contributed by atoms with Crippen molar-refractivity contribution in [3.63, 3.8) is 0 Å². The number of hydrogen-bond donors (Lipinski definition) is 1. The van der Waals surface area contributed by atoms with Gasteiger partial charge in [-0.2, -0.15) is 5.06 Å². The Bertz CT molecular complexity index is 744. The molecule has 3 saturated heterocycles. The van der Waals surface area contributed by atoms with E-state index in [9.17, 15) is 0 Å². The molecule has 0 spiro atoms. The Kier molecular flexibility index (Phi) is 15.3. The molecule has 0 aliphatic carbocycles. The summed E-state index contributed by atoms with van der Waals surface area (Å²) >= 11 is 0. The molecule has 3 fully saturated rings. The highest BCUT2D eigenvalue weighted by molar-refractivity contribution is 4.98. The van der Waals surface area contributed by atoms with Gasteiger partial charge in [-0.15, -0.1) is 0 Å². The maximum Gasteiger partial charge on any atom is 0.0685 e. The van der Waals surface area contributed by atoms with Crippen molar-refractivity contribution in [3.05, 3.63) is 0 Å². The van der Waals surface area contributed by atoms with Crippen LogP contribution in [-0.2, 0) is 4.84 Å². The first-order chi connectivity index (χ1) is 19.4. The molecule has 4 nitrogen and oxygen atoms in total. The minimum atomic E-state index is 0.156. The van der Waals surface area contributed by atoms with E-state index < -0.39 is 0 Å². The van der Waals surface area contributed by atoms with Crippen LogP contribution in [0.4, 0.5) is 0 Å². The largest absolute Gasteiger partial charge is 0.307 e. The van der Waals surface area contributed by atoms with E-state index in [4.69, 9.17) is 4.84 Å². The van der Waals surface area contributed by atoms with E-state index in [0.717, 1.165) is 24.4 Å². The van der Waals surface area contributed by atoms with Gasteiger partial charge in [0.2, 0.25) is 0 Å². The van der Waals surface area contributed by atoms with Gasteiger partial charge in [-0.05, 0) is 153 Å². The number of rotatable bonds is 8. The van der Waals surface area contributed by atoms with E-state index in [-0.39, 0.29) is 11.1 Å². The third-order valence-corrected chi connectivity index (χ3v) is 10.4. The lowest BCUT2D eigenvalue weighted by molar-refractivity contribution is -0.287. The molecule has 0 aromatic rings. The van der Waals surface area contributed by atoms with Crippen LogP contribution in [-0.4, -0.2) is 56.9 Å². The van der Waals surface area contributed by atoms with Gasteiger partial charge in [0.05, 0.1) is 6.61 Å². The number of nitrogens with zero attached hydrogens (tertiary/aromatic N) is 2. The molecule has 0 unspecified atom stereocenters. The molecule has 3 heterocycles. The minimum absolute atomic E-state index is 0.156. The summed E-state index contributed by atoms with van der Waals surface area (Å²) in [6, 6.07) is 0. The average molecular weight is 608 g/mol. The molecule has 0 aromatic carbocycles. The summed E-state index contributed by atoms with van der Waals surface area (Å²) in [6.07, 6.45) is 15.7. The summed E-state index contributed by atoms with van der Waals surface area (Å²) in [6.45, 7) is 38.1. The van der Waals surface area contributed by atoms with Crippen LogP contribution >= 0.6 is 0 Å². The van der Waals surface area contributed by atoms with Crippen LogP contribution in [0.15, 0.2) is 0 Å². The van der Waals surface area contributed by atoms with Crippen LogP contribution in [0, 0.1) is 17.8 Å². The number of likely N-dealkylation sites (tertiary alicyclic amines) is 1. The van der Waals surface area contributed by atoms with Gasteiger partial charge in [0.25, 0.3) is 0 Å². The van der Waals surface area contributed by atoms with Gasteiger partial charge in [0.1, 0.15) is 0 Å². The zero-order chi connectivity index (χ0) is 33.5.